The summed E-state index contributed by atoms with van der Waals surface area (Å²) in [5.41, 5.74) is 7.54. The normalized spacial score (nSPS) is 15.1. The summed E-state index contributed by atoms with van der Waals surface area (Å²) in [5.74, 6) is 1.05. The molecule has 112 valence electrons. The highest BCUT2D eigenvalue weighted by molar-refractivity contribution is 5.77. The van der Waals surface area contributed by atoms with Gasteiger partial charge in [-0.1, -0.05) is 0 Å². The third kappa shape index (κ3) is 3.05. The van der Waals surface area contributed by atoms with Gasteiger partial charge >= 0.3 is 0 Å². The number of amides is 1. The summed E-state index contributed by atoms with van der Waals surface area (Å²) in [6.07, 6.45) is 2.76. The number of hydrogen-bond acceptors (Lipinski definition) is 4. The number of nitrogens with two attached hydrogens (primary N) is 1. The number of rotatable bonds is 5. The van der Waals surface area contributed by atoms with Gasteiger partial charge in [0.15, 0.2) is 0 Å². The van der Waals surface area contributed by atoms with E-state index in [1.807, 2.05) is 16.5 Å². The maximum Gasteiger partial charge on any atom is 0.224 e. The Balaban J connectivity index is 1.92. The van der Waals surface area contributed by atoms with Gasteiger partial charge in [0.05, 0.1) is 11.4 Å². The number of aromatic nitrogens is 2. The van der Waals surface area contributed by atoms with Crippen LogP contribution in [-0.4, -0.2) is 40.2 Å². The molecule has 1 aromatic rings. The Morgan fingerprint density at radius 1 is 1.40 bits per heavy atom. The third-order valence-electron chi connectivity index (χ3n) is 3.71. The number of anilines is 2. The first kappa shape index (κ1) is 14.7. The number of hydrogen-bond donors (Lipinski definition) is 2. The van der Waals surface area contributed by atoms with Gasteiger partial charge in [-0.3, -0.25) is 4.79 Å². The molecule has 1 aliphatic rings. The molecule has 2 rings (SSSR count). The van der Waals surface area contributed by atoms with Gasteiger partial charge in [-0.25, -0.2) is 4.68 Å². The molecule has 1 fully saturated rings. The summed E-state index contributed by atoms with van der Waals surface area (Å²) in [6.45, 7) is 8.43. The minimum absolute atomic E-state index is 0.223. The van der Waals surface area contributed by atoms with E-state index < -0.39 is 0 Å². The molecule has 1 amide bonds. The highest BCUT2D eigenvalue weighted by Gasteiger charge is 2.18. The van der Waals surface area contributed by atoms with Crippen LogP contribution in [0.25, 0.3) is 0 Å². The van der Waals surface area contributed by atoms with Crippen molar-refractivity contribution in [1.82, 2.24) is 14.7 Å². The fourth-order valence-corrected chi connectivity index (χ4v) is 2.52. The minimum atomic E-state index is 0.223. The monoisotopic (exact) mass is 279 g/mol. The number of aryl methyl sites for hydroxylation is 1. The molecular formula is C14H25N5O. The number of carbonyl (C=O) groups excluding carboxylic acids is 1. The molecule has 6 nitrogen and oxygen atoms in total. The molecule has 6 heteroatoms. The van der Waals surface area contributed by atoms with Crippen molar-refractivity contribution in [2.45, 2.75) is 46.1 Å². The van der Waals surface area contributed by atoms with Gasteiger partial charge in [-0.2, -0.15) is 5.10 Å². The molecule has 1 aliphatic heterocycles. The van der Waals surface area contributed by atoms with Crippen molar-refractivity contribution in [3.63, 3.8) is 0 Å². The lowest BCUT2D eigenvalue weighted by Gasteiger charge is -2.16. The van der Waals surface area contributed by atoms with Crippen molar-refractivity contribution in [3.8, 4) is 0 Å². The van der Waals surface area contributed by atoms with Crippen LogP contribution in [0, 0.1) is 6.92 Å². The average Bonchev–Trinajstić information content (AvgIpc) is 3.01. The lowest BCUT2D eigenvalue weighted by Crippen LogP contribution is -2.29. The minimum Gasteiger partial charge on any atom is -0.394 e. The molecule has 0 aromatic carbocycles. The van der Waals surface area contributed by atoms with E-state index in [1.54, 1.807) is 0 Å². The zero-order chi connectivity index (χ0) is 14.7. The summed E-state index contributed by atoms with van der Waals surface area (Å²) in [5, 5.41) is 7.68. The van der Waals surface area contributed by atoms with E-state index >= 15 is 0 Å². The molecule has 3 N–H and O–H groups in total. The molecule has 0 radical (unpaired) electrons. The topological polar surface area (TPSA) is 76.2 Å². The van der Waals surface area contributed by atoms with Crippen molar-refractivity contribution in [1.29, 1.82) is 0 Å². The predicted molar refractivity (Wildman–Crippen MR) is 80.7 cm³/mol. The predicted octanol–water partition coefficient (Wildman–Crippen LogP) is 1.78. The van der Waals surface area contributed by atoms with Gasteiger partial charge in [-0.15, -0.1) is 0 Å². The number of nitrogens with one attached hydrogen (secondary N) is 1. The van der Waals surface area contributed by atoms with Gasteiger partial charge in [-0.05, 0) is 33.6 Å². The lowest BCUT2D eigenvalue weighted by atomic mass is 10.3. The zero-order valence-electron chi connectivity index (χ0n) is 12.6. The van der Waals surface area contributed by atoms with Crippen LogP contribution in [-0.2, 0) is 4.79 Å². The van der Waals surface area contributed by atoms with E-state index in [0.29, 0.717) is 18.7 Å². The van der Waals surface area contributed by atoms with Gasteiger partial charge in [0.1, 0.15) is 5.82 Å². The summed E-state index contributed by atoms with van der Waals surface area (Å²) in [4.78, 5) is 13.9. The number of nitrogens with zero attached hydrogens (tertiary/aromatic N) is 3. The van der Waals surface area contributed by atoms with Crippen LogP contribution in [0.2, 0.25) is 0 Å². The second-order valence-corrected chi connectivity index (χ2v) is 5.65. The van der Waals surface area contributed by atoms with Crippen LogP contribution in [0.4, 0.5) is 11.5 Å². The first-order valence-electron chi connectivity index (χ1n) is 7.37. The van der Waals surface area contributed by atoms with E-state index in [2.05, 4.69) is 24.3 Å². The Kier molecular flexibility index (Phi) is 4.52. The van der Waals surface area contributed by atoms with Crippen molar-refractivity contribution in [2.75, 3.05) is 30.7 Å². The van der Waals surface area contributed by atoms with Crippen LogP contribution in [0.15, 0.2) is 0 Å². The summed E-state index contributed by atoms with van der Waals surface area (Å²) in [6, 6.07) is 0.239. The fourth-order valence-electron chi connectivity index (χ4n) is 2.52. The van der Waals surface area contributed by atoms with E-state index in [-0.39, 0.29) is 11.9 Å². The molecule has 1 aromatic heterocycles. The summed E-state index contributed by atoms with van der Waals surface area (Å²) in [7, 11) is 0. The Morgan fingerprint density at radius 2 is 2.05 bits per heavy atom. The van der Waals surface area contributed by atoms with Crippen LogP contribution < -0.4 is 11.1 Å². The number of carbonyl (C=O) groups is 1. The largest absolute Gasteiger partial charge is 0.394 e. The highest BCUT2D eigenvalue weighted by Crippen LogP contribution is 2.25. The Morgan fingerprint density at radius 3 is 2.65 bits per heavy atom. The first-order chi connectivity index (χ1) is 9.50. The first-order valence-corrected chi connectivity index (χ1v) is 7.37. The van der Waals surface area contributed by atoms with E-state index in [9.17, 15) is 4.79 Å². The van der Waals surface area contributed by atoms with Crippen molar-refractivity contribution in [2.24, 2.45) is 0 Å². The van der Waals surface area contributed by atoms with E-state index in [1.165, 1.54) is 0 Å². The Bertz CT molecular complexity index is 474. The zero-order valence-corrected chi connectivity index (χ0v) is 12.6. The molecule has 0 aliphatic carbocycles. The van der Waals surface area contributed by atoms with E-state index in [0.717, 1.165) is 37.4 Å². The summed E-state index contributed by atoms with van der Waals surface area (Å²) < 4.78 is 1.88. The number of likely N-dealkylation sites (tertiary alicyclic amines) is 1. The molecule has 1 saturated heterocycles. The number of nitrogen functional groups attached to an aromatic ring is 1. The lowest BCUT2D eigenvalue weighted by molar-refractivity contribution is -0.129. The van der Waals surface area contributed by atoms with E-state index in [4.69, 9.17) is 5.73 Å². The van der Waals surface area contributed by atoms with Crippen LogP contribution in [0.5, 0.6) is 0 Å². The molecule has 0 saturated carbocycles. The molecule has 0 unspecified atom stereocenters. The Labute approximate surface area is 120 Å². The molecule has 0 spiro atoms. The standard InChI is InChI=1S/C14H25N5O/c1-10(2)19-14(13(15)11(3)17-19)16-7-6-12(20)18-8-4-5-9-18/h10,16H,4-9,15H2,1-3H3. The smallest absolute Gasteiger partial charge is 0.224 e. The maximum atomic E-state index is 12.0. The fraction of sp³-hybridized carbons (Fsp3) is 0.714. The molecule has 0 bridgehead atoms. The van der Waals surface area contributed by atoms with Gasteiger partial charge in [0.25, 0.3) is 0 Å². The van der Waals surface area contributed by atoms with Crippen molar-refractivity contribution in [3.05, 3.63) is 5.69 Å². The second kappa shape index (κ2) is 6.15. The quantitative estimate of drug-likeness (QED) is 0.861. The maximum absolute atomic E-state index is 12.0. The van der Waals surface area contributed by atoms with Crippen molar-refractivity contribution < 1.29 is 4.79 Å². The molecule has 2 heterocycles. The third-order valence-corrected chi connectivity index (χ3v) is 3.71. The van der Waals surface area contributed by atoms with Gasteiger partial charge < -0.3 is 16.0 Å². The SMILES string of the molecule is Cc1nn(C(C)C)c(NCCC(=O)N2CCCC2)c1N. The van der Waals surface area contributed by atoms with Crippen molar-refractivity contribution >= 4 is 17.4 Å². The molecular weight excluding hydrogens is 254 g/mol. The van der Waals surface area contributed by atoms with Crippen LogP contribution in [0.3, 0.4) is 0 Å². The second-order valence-electron chi connectivity index (χ2n) is 5.65. The highest BCUT2D eigenvalue weighted by atomic mass is 16.2. The molecule has 20 heavy (non-hydrogen) atoms. The Hall–Kier alpha value is -1.72. The average molecular weight is 279 g/mol. The van der Waals surface area contributed by atoms with Gasteiger partial charge in [0, 0.05) is 32.1 Å². The summed E-state index contributed by atoms with van der Waals surface area (Å²) >= 11 is 0. The molecule has 0 atom stereocenters. The van der Waals surface area contributed by atoms with Crippen LogP contribution >= 0.6 is 0 Å². The van der Waals surface area contributed by atoms with Crippen LogP contribution in [0.1, 0.15) is 44.8 Å². The van der Waals surface area contributed by atoms with Gasteiger partial charge in [0.2, 0.25) is 5.91 Å².